The lowest BCUT2D eigenvalue weighted by Gasteiger charge is -2.41. The van der Waals surface area contributed by atoms with Crippen LogP contribution in [0.25, 0.3) is 0 Å². The number of amides is 2. The molecule has 2 N–H and O–H groups in total. The summed E-state index contributed by atoms with van der Waals surface area (Å²) in [7, 11) is -3.19. The van der Waals surface area contributed by atoms with Gasteiger partial charge in [-0.2, -0.15) is 0 Å². The van der Waals surface area contributed by atoms with Crippen molar-refractivity contribution in [2.24, 2.45) is 0 Å². The van der Waals surface area contributed by atoms with E-state index in [1.54, 1.807) is 0 Å². The highest BCUT2D eigenvalue weighted by Crippen LogP contribution is 2.19. The minimum atomic E-state index is -3.19. The van der Waals surface area contributed by atoms with Gasteiger partial charge in [0.2, 0.25) is 10.0 Å². The molecule has 1 atom stereocenters. The van der Waals surface area contributed by atoms with E-state index in [2.05, 4.69) is 29.4 Å². The first-order valence-corrected chi connectivity index (χ1v) is 10.8. The van der Waals surface area contributed by atoms with Crippen LogP contribution in [-0.2, 0) is 10.0 Å². The molecule has 2 aliphatic rings. The molecule has 0 saturated carbocycles. The molecule has 0 bridgehead atoms. The Hall–Kier alpha value is -0.860. The number of carbonyl (C=O) groups excluding carboxylic acids is 1. The van der Waals surface area contributed by atoms with Crippen molar-refractivity contribution < 1.29 is 13.2 Å². The zero-order chi connectivity index (χ0) is 17.8. The lowest BCUT2D eigenvalue weighted by Crippen LogP contribution is -2.56. The third-order valence-corrected chi connectivity index (χ3v) is 6.35. The summed E-state index contributed by atoms with van der Waals surface area (Å²) in [5, 5.41) is 5.88. The van der Waals surface area contributed by atoms with Crippen LogP contribution in [0.15, 0.2) is 0 Å². The lowest BCUT2D eigenvalue weighted by molar-refractivity contribution is 0.0957. The largest absolute Gasteiger partial charge is 0.336 e. The number of piperidine rings is 2. The van der Waals surface area contributed by atoms with Crippen LogP contribution in [0.3, 0.4) is 0 Å². The second kappa shape index (κ2) is 8.01. The summed E-state index contributed by atoms with van der Waals surface area (Å²) in [4.78, 5) is 14.6. The number of likely N-dealkylation sites (tertiary alicyclic amines) is 1. The third kappa shape index (κ3) is 5.60. The average Bonchev–Trinajstić information content (AvgIpc) is 2.53. The Morgan fingerprint density at radius 1 is 1.12 bits per heavy atom. The summed E-state index contributed by atoms with van der Waals surface area (Å²) in [6.07, 6.45) is 6.54. The molecule has 0 aromatic rings. The molecule has 1 unspecified atom stereocenters. The van der Waals surface area contributed by atoms with Crippen LogP contribution in [0, 0.1) is 0 Å². The topological polar surface area (TPSA) is 81.8 Å². The van der Waals surface area contributed by atoms with E-state index in [0.29, 0.717) is 19.6 Å². The lowest BCUT2D eigenvalue weighted by atomic mass is 9.98. The van der Waals surface area contributed by atoms with Crippen LogP contribution >= 0.6 is 0 Å². The molecule has 2 heterocycles. The summed E-state index contributed by atoms with van der Waals surface area (Å²) in [6.45, 7) is 7.98. The Morgan fingerprint density at radius 3 is 2.42 bits per heavy atom. The average molecular weight is 361 g/mol. The molecule has 2 amide bonds. The second-order valence-corrected chi connectivity index (χ2v) is 9.63. The van der Waals surface area contributed by atoms with Gasteiger partial charge in [-0.05, 0) is 52.6 Å². The summed E-state index contributed by atoms with van der Waals surface area (Å²) < 4.78 is 24.7. The van der Waals surface area contributed by atoms with Crippen molar-refractivity contribution in [3.63, 3.8) is 0 Å². The Labute approximate surface area is 146 Å². The van der Waals surface area contributed by atoms with Crippen molar-refractivity contribution in [3.8, 4) is 0 Å². The molecule has 0 aromatic carbocycles. The quantitative estimate of drug-likeness (QED) is 0.766. The smallest absolute Gasteiger partial charge is 0.315 e. The predicted molar refractivity (Wildman–Crippen MR) is 95.5 cm³/mol. The highest BCUT2D eigenvalue weighted by Gasteiger charge is 2.30. The van der Waals surface area contributed by atoms with Gasteiger partial charge in [0.1, 0.15) is 0 Å². The summed E-state index contributed by atoms with van der Waals surface area (Å²) in [5.74, 6) is 0. The molecular formula is C16H32N4O3S. The number of urea groups is 1. The van der Waals surface area contributed by atoms with E-state index in [4.69, 9.17) is 0 Å². The van der Waals surface area contributed by atoms with E-state index < -0.39 is 10.0 Å². The number of hydrogen-bond donors (Lipinski definition) is 2. The van der Waals surface area contributed by atoms with Crippen molar-refractivity contribution in [2.75, 3.05) is 39.0 Å². The summed E-state index contributed by atoms with van der Waals surface area (Å²) in [5.41, 5.74) is -0.0664. The molecule has 0 radical (unpaired) electrons. The van der Waals surface area contributed by atoms with E-state index in [1.165, 1.54) is 29.8 Å². The molecule has 8 heteroatoms. The molecule has 2 aliphatic heterocycles. The molecule has 7 nitrogen and oxygen atoms in total. The predicted octanol–water partition coefficient (Wildman–Crippen LogP) is 0.974. The fraction of sp³-hybridized carbons (Fsp3) is 0.938. The minimum Gasteiger partial charge on any atom is -0.336 e. The van der Waals surface area contributed by atoms with Gasteiger partial charge in [-0.25, -0.2) is 17.5 Å². The first kappa shape index (κ1) is 19.5. The standard InChI is InChI=1S/C16H32N4O3S/c1-16(2,19-9-5-4-6-10-19)13-17-15(21)18-14-8-7-11-20(12-14)24(3,22)23/h14H,4-13H2,1-3H3,(H2,17,18,21). The first-order chi connectivity index (χ1) is 11.2. The Bertz CT molecular complexity index is 529. The number of nitrogens with zero attached hydrogens (tertiary/aromatic N) is 2. The van der Waals surface area contributed by atoms with Crippen LogP contribution in [-0.4, -0.2) is 74.2 Å². The van der Waals surface area contributed by atoms with Crippen molar-refractivity contribution in [3.05, 3.63) is 0 Å². The van der Waals surface area contributed by atoms with Crippen LogP contribution in [0.4, 0.5) is 4.79 Å². The highest BCUT2D eigenvalue weighted by molar-refractivity contribution is 7.88. The Morgan fingerprint density at radius 2 is 1.79 bits per heavy atom. The van der Waals surface area contributed by atoms with Crippen LogP contribution in [0.5, 0.6) is 0 Å². The van der Waals surface area contributed by atoms with E-state index >= 15 is 0 Å². The van der Waals surface area contributed by atoms with Crippen LogP contribution in [0.2, 0.25) is 0 Å². The number of hydrogen-bond acceptors (Lipinski definition) is 4. The Balaban J connectivity index is 1.78. The SMILES string of the molecule is CC(C)(CNC(=O)NC1CCCN(S(C)(=O)=O)C1)N1CCCCC1. The maximum absolute atomic E-state index is 12.2. The van der Waals surface area contributed by atoms with Gasteiger partial charge in [-0.15, -0.1) is 0 Å². The number of rotatable bonds is 5. The van der Waals surface area contributed by atoms with Crippen LogP contribution < -0.4 is 10.6 Å². The van der Waals surface area contributed by atoms with Gasteiger partial charge in [0, 0.05) is 31.2 Å². The molecule has 2 fully saturated rings. The van der Waals surface area contributed by atoms with Gasteiger partial charge in [0.05, 0.1) is 6.26 Å². The van der Waals surface area contributed by atoms with Gasteiger partial charge < -0.3 is 10.6 Å². The van der Waals surface area contributed by atoms with E-state index in [-0.39, 0.29) is 17.6 Å². The molecule has 24 heavy (non-hydrogen) atoms. The van der Waals surface area contributed by atoms with Crippen molar-refractivity contribution in [1.29, 1.82) is 0 Å². The van der Waals surface area contributed by atoms with E-state index in [0.717, 1.165) is 25.9 Å². The zero-order valence-electron chi connectivity index (χ0n) is 15.2. The number of sulfonamides is 1. The molecule has 0 aromatic heterocycles. The maximum atomic E-state index is 12.2. The van der Waals surface area contributed by atoms with Crippen molar-refractivity contribution in [1.82, 2.24) is 19.8 Å². The van der Waals surface area contributed by atoms with Gasteiger partial charge in [-0.3, -0.25) is 4.90 Å². The third-order valence-electron chi connectivity index (χ3n) is 5.08. The fourth-order valence-corrected chi connectivity index (χ4v) is 4.42. The van der Waals surface area contributed by atoms with E-state index in [9.17, 15) is 13.2 Å². The monoisotopic (exact) mass is 360 g/mol. The van der Waals surface area contributed by atoms with Gasteiger partial charge in [0.25, 0.3) is 0 Å². The molecule has 0 spiro atoms. The normalized spacial score (nSPS) is 24.5. The maximum Gasteiger partial charge on any atom is 0.315 e. The number of nitrogens with one attached hydrogen (secondary N) is 2. The second-order valence-electron chi connectivity index (χ2n) is 7.65. The van der Waals surface area contributed by atoms with Crippen molar-refractivity contribution >= 4 is 16.1 Å². The summed E-state index contributed by atoms with van der Waals surface area (Å²) >= 11 is 0. The highest BCUT2D eigenvalue weighted by atomic mass is 32.2. The first-order valence-electron chi connectivity index (χ1n) is 8.93. The van der Waals surface area contributed by atoms with Gasteiger partial charge in [0.15, 0.2) is 0 Å². The molecule has 0 aliphatic carbocycles. The molecule has 2 saturated heterocycles. The zero-order valence-corrected chi connectivity index (χ0v) is 16.0. The molecular weight excluding hydrogens is 328 g/mol. The number of carbonyl (C=O) groups is 1. The fourth-order valence-electron chi connectivity index (χ4n) is 3.51. The van der Waals surface area contributed by atoms with E-state index in [1.807, 2.05) is 0 Å². The Kier molecular flexibility index (Phi) is 6.50. The molecule has 2 rings (SSSR count). The van der Waals surface area contributed by atoms with Gasteiger partial charge in [-0.1, -0.05) is 6.42 Å². The molecule has 140 valence electrons. The van der Waals surface area contributed by atoms with Crippen LogP contribution in [0.1, 0.15) is 46.0 Å². The van der Waals surface area contributed by atoms with Crippen molar-refractivity contribution in [2.45, 2.75) is 57.5 Å². The van der Waals surface area contributed by atoms with Gasteiger partial charge >= 0.3 is 6.03 Å². The summed E-state index contributed by atoms with van der Waals surface area (Å²) in [6, 6.07) is -0.327. The minimum absolute atomic E-state index is 0.0664.